The van der Waals surface area contributed by atoms with E-state index in [2.05, 4.69) is 12.1 Å². The van der Waals surface area contributed by atoms with E-state index in [9.17, 15) is 9.59 Å². The number of hydrogen-bond acceptors (Lipinski definition) is 4. The first-order chi connectivity index (χ1) is 11.1. The largest absolute Gasteiger partial charge is 0.450 e. The van der Waals surface area contributed by atoms with Gasteiger partial charge in [-0.25, -0.2) is 4.79 Å². The second-order valence-electron chi connectivity index (χ2n) is 5.45. The predicted molar refractivity (Wildman–Crippen MR) is 92.4 cm³/mol. The molecule has 1 saturated heterocycles. The predicted octanol–water partition coefficient (Wildman–Crippen LogP) is 2.61. The Kier molecular flexibility index (Phi) is 6.77. The van der Waals surface area contributed by atoms with E-state index in [0.29, 0.717) is 32.8 Å². The van der Waals surface area contributed by atoms with Gasteiger partial charge in [0.25, 0.3) is 0 Å². The van der Waals surface area contributed by atoms with Gasteiger partial charge >= 0.3 is 6.09 Å². The van der Waals surface area contributed by atoms with Gasteiger partial charge in [-0.05, 0) is 19.4 Å². The highest BCUT2D eigenvalue weighted by Crippen LogP contribution is 2.20. The quantitative estimate of drug-likeness (QED) is 0.829. The number of thioether (sulfide) groups is 1. The van der Waals surface area contributed by atoms with Crippen LogP contribution in [0.3, 0.4) is 0 Å². The molecule has 126 valence electrons. The van der Waals surface area contributed by atoms with Crippen molar-refractivity contribution >= 4 is 23.8 Å². The zero-order valence-electron chi connectivity index (χ0n) is 13.7. The fourth-order valence-corrected chi connectivity index (χ4v) is 3.37. The maximum absolute atomic E-state index is 12.5. The van der Waals surface area contributed by atoms with Crippen molar-refractivity contribution in [1.29, 1.82) is 0 Å². The van der Waals surface area contributed by atoms with Crippen LogP contribution in [0.25, 0.3) is 0 Å². The molecule has 1 aromatic carbocycles. The summed E-state index contributed by atoms with van der Waals surface area (Å²) in [5.74, 6) is 0.978. The van der Waals surface area contributed by atoms with Crippen molar-refractivity contribution < 1.29 is 14.3 Å². The monoisotopic (exact) mass is 336 g/mol. The van der Waals surface area contributed by atoms with Gasteiger partial charge in [0.1, 0.15) is 0 Å². The van der Waals surface area contributed by atoms with Crippen LogP contribution in [0.1, 0.15) is 19.4 Å². The molecule has 1 aliphatic rings. The number of carbonyl (C=O) groups is 2. The molecular weight excluding hydrogens is 312 g/mol. The van der Waals surface area contributed by atoms with E-state index in [0.717, 1.165) is 5.75 Å². The van der Waals surface area contributed by atoms with E-state index in [1.807, 2.05) is 30.0 Å². The van der Waals surface area contributed by atoms with E-state index in [1.165, 1.54) is 5.56 Å². The Morgan fingerprint density at radius 2 is 1.74 bits per heavy atom. The normalized spacial score (nSPS) is 16.1. The molecule has 0 radical (unpaired) electrons. The van der Waals surface area contributed by atoms with Gasteiger partial charge in [-0.15, -0.1) is 11.8 Å². The number of rotatable bonds is 5. The van der Waals surface area contributed by atoms with Crippen LogP contribution in [0.15, 0.2) is 30.3 Å². The number of benzene rings is 1. The van der Waals surface area contributed by atoms with E-state index < -0.39 is 0 Å². The van der Waals surface area contributed by atoms with Gasteiger partial charge < -0.3 is 14.5 Å². The van der Waals surface area contributed by atoms with Gasteiger partial charge in [0.15, 0.2) is 0 Å². The SMILES string of the molecule is CCOC(=O)N1CCN(C(=O)[C@@H](C)SCc2ccccc2)CC1. The molecule has 6 heteroatoms. The summed E-state index contributed by atoms with van der Waals surface area (Å²) in [5.41, 5.74) is 1.23. The highest BCUT2D eigenvalue weighted by Gasteiger charge is 2.27. The molecule has 0 aromatic heterocycles. The molecule has 1 fully saturated rings. The summed E-state index contributed by atoms with van der Waals surface area (Å²) >= 11 is 1.65. The fourth-order valence-electron chi connectivity index (χ4n) is 2.45. The molecule has 2 rings (SSSR count). The first kappa shape index (κ1) is 17.7. The lowest BCUT2D eigenvalue weighted by Crippen LogP contribution is -2.52. The third kappa shape index (κ3) is 5.16. The van der Waals surface area contributed by atoms with Gasteiger partial charge in [-0.1, -0.05) is 30.3 Å². The average molecular weight is 336 g/mol. The molecule has 0 unspecified atom stereocenters. The second-order valence-corrected chi connectivity index (χ2v) is 6.78. The van der Waals surface area contributed by atoms with Crippen LogP contribution in [-0.4, -0.2) is 59.8 Å². The van der Waals surface area contributed by atoms with E-state index in [-0.39, 0.29) is 17.3 Å². The molecule has 0 saturated carbocycles. The average Bonchev–Trinajstić information content (AvgIpc) is 2.60. The molecule has 2 amide bonds. The smallest absolute Gasteiger partial charge is 0.409 e. The molecule has 1 aromatic rings. The van der Waals surface area contributed by atoms with Gasteiger partial charge in [0.05, 0.1) is 11.9 Å². The molecule has 0 N–H and O–H groups in total. The van der Waals surface area contributed by atoms with Crippen molar-refractivity contribution in [3.05, 3.63) is 35.9 Å². The number of piperazine rings is 1. The number of carbonyl (C=O) groups excluding carboxylic acids is 2. The molecule has 0 bridgehead atoms. The van der Waals surface area contributed by atoms with Gasteiger partial charge in [0, 0.05) is 31.9 Å². The lowest BCUT2D eigenvalue weighted by molar-refractivity contribution is -0.131. The third-order valence-corrected chi connectivity index (χ3v) is 5.01. The molecule has 5 nitrogen and oxygen atoms in total. The van der Waals surface area contributed by atoms with Crippen molar-refractivity contribution in [2.75, 3.05) is 32.8 Å². The third-order valence-electron chi connectivity index (χ3n) is 3.81. The van der Waals surface area contributed by atoms with Gasteiger partial charge in [-0.3, -0.25) is 4.79 Å². The second kappa shape index (κ2) is 8.82. The summed E-state index contributed by atoms with van der Waals surface area (Å²) in [6.07, 6.45) is -0.286. The van der Waals surface area contributed by atoms with Crippen molar-refractivity contribution in [3.63, 3.8) is 0 Å². The highest BCUT2D eigenvalue weighted by atomic mass is 32.2. The summed E-state index contributed by atoms with van der Waals surface area (Å²) < 4.78 is 4.99. The van der Waals surface area contributed by atoms with E-state index >= 15 is 0 Å². The molecule has 1 aliphatic heterocycles. The summed E-state index contributed by atoms with van der Waals surface area (Å²) in [5, 5.41) is -0.0793. The van der Waals surface area contributed by atoms with Crippen LogP contribution < -0.4 is 0 Å². The first-order valence-electron chi connectivity index (χ1n) is 7.97. The summed E-state index contributed by atoms with van der Waals surface area (Å²) in [6, 6.07) is 10.2. The Bertz CT molecular complexity index is 516. The Balaban J connectivity index is 1.76. The number of hydrogen-bond donors (Lipinski definition) is 0. The minimum Gasteiger partial charge on any atom is -0.450 e. The Morgan fingerprint density at radius 1 is 1.13 bits per heavy atom. The van der Waals surface area contributed by atoms with Gasteiger partial charge in [0.2, 0.25) is 5.91 Å². The van der Waals surface area contributed by atoms with Crippen molar-refractivity contribution in [1.82, 2.24) is 9.80 Å². The maximum Gasteiger partial charge on any atom is 0.409 e. The summed E-state index contributed by atoms with van der Waals surface area (Å²) in [6.45, 7) is 6.37. The van der Waals surface area contributed by atoms with Crippen LogP contribution in [0.5, 0.6) is 0 Å². The van der Waals surface area contributed by atoms with Crippen molar-refractivity contribution in [2.24, 2.45) is 0 Å². The molecule has 23 heavy (non-hydrogen) atoms. The number of nitrogens with zero attached hydrogens (tertiary/aromatic N) is 2. The van der Waals surface area contributed by atoms with Gasteiger partial charge in [-0.2, -0.15) is 0 Å². The topological polar surface area (TPSA) is 49.9 Å². The lowest BCUT2D eigenvalue weighted by atomic mass is 10.2. The molecule has 1 heterocycles. The number of ether oxygens (including phenoxy) is 1. The van der Waals surface area contributed by atoms with E-state index in [1.54, 1.807) is 23.6 Å². The number of amides is 2. The van der Waals surface area contributed by atoms with Crippen LogP contribution in [0.2, 0.25) is 0 Å². The minimum absolute atomic E-state index is 0.0793. The van der Waals surface area contributed by atoms with Crippen LogP contribution in [0.4, 0.5) is 4.79 Å². The molecular formula is C17H24N2O3S. The first-order valence-corrected chi connectivity index (χ1v) is 9.02. The van der Waals surface area contributed by atoms with Crippen LogP contribution in [0, 0.1) is 0 Å². The summed E-state index contributed by atoms with van der Waals surface area (Å²) in [7, 11) is 0. The summed E-state index contributed by atoms with van der Waals surface area (Å²) in [4.78, 5) is 27.7. The fraction of sp³-hybridized carbons (Fsp3) is 0.529. The highest BCUT2D eigenvalue weighted by molar-refractivity contribution is 7.99. The maximum atomic E-state index is 12.5. The zero-order chi connectivity index (χ0) is 16.7. The Labute approximate surface area is 142 Å². The molecule has 1 atom stereocenters. The van der Waals surface area contributed by atoms with Crippen LogP contribution in [-0.2, 0) is 15.3 Å². The molecule has 0 aliphatic carbocycles. The van der Waals surface area contributed by atoms with Crippen molar-refractivity contribution in [3.8, 4) is 0 Å². The minimum atomic E-state index is -0.286. The molecule has 0 spiro atoms. The Morgan fingerprint density at radius 3 is 2.35 bits per heavy atom. The standard InChI is InChI=1S/C17H24N2O3S/c1-3-22-17(21)19-11-9-18(10-12-19)16(20)14(2)23-13-15-7-5-4-6-8-15/h4-8,14H,3,9-13H2,1-2H3/t14-/m1/s1. The zero-order valence-corrected chi connectivity index (χ0v) is 14.6. The van der Waals surface area contributed by atoms with Crippen molar-refractivity contribution in [2.45, 2.75) is 24.9 Å². The lowest BCUT2D eigenvalue weighted by Gasteiger charge is -2.35. The van der Waals surface area contributed by atoms with Crippen LogP contribution >= 0.6 is 11.8 Å². The van der Waals surface area contributed by atoms with E-state index in [4.69, 9.17) is 4.74 Å². The Hall–Kier alpha value is -1.69.